The standard InChI is InChI=1S/C15H24N4O2.HI/c1-4-12(5-2)10-17-15(16-3)18-11-13-7-6-8-14(9-13)19(20)21;/h6-9,12H,4-5,10-11H2,1-3H3,(H2,16,17,18);1H. The molecule has 0 unspecified atom stereocenters. The van der Waals surface area contributed by atoms with E-state index in [1.54, 1.807) is 19.2 Å². The fourth-order valence-corrected chi connectivity index (χ4v) is 2.00. The second-order valence-electron chi connectivity index (χ2n) is 4.92. The number of nitrogens with one attached hydrogen (secondary N) is 2. The van der Waals surface area contributed by atoms with Gasteiger partial charge in [-0.3, -0.25) is 15.1 Å². The van der Waals surface area contributed by atoms with Crippen LogP contribution in [0.25, 0.3) is 0 Å². The minimum atomic E-state index is -0.385. The molecule has 0 bridgehead atoms. The normalized spacial score (nSPS) is 11.0. The minimum Gasteiger partial charge on any atom is -0.356 e. The molecule has 0 aliphatic heterocycles. The Labute approximate surface area is 149 Å². The predicted molar refractivity (Wildman–Crippen MR) is 101 cm³/mol. The Balaban J connectivity index is 0.00000441. The predicted octanol–water partition coefficient (Wildman–Crippen LogP) is 3.31. The molecule has 7 heteroatoms. The molecule has 0 aliphatic carbocycles. The van der Waals surface area contributed by atoms with E-state index in [9.17, 15) is 10.1 Å². The average molecular weight is 420 g/mol. The lowest BCUT2D eigenvalue weighted by molar-refractivity contribution is -0.384. The van der Waals surface area contributed by atoms with Crippen molar-refractivity contribution < 1.29 is 4.92 Å². The summed E-state index contributed by atoms with van der Waals surface area (Å²) in [4.78, 5) is 14.5. The topological polar surface area (TPSA) is 79.6 Å². The number of guanidine groups is 1. The first-order valence-electron chi connectivity index (χ1n) is 7.28. The Kier molecular flexibility index (Phi) is 10.5. The number of benzene rings is 1. The fourth-order valence-electron chi connectivity index (χ4n) is 2.00. The van der Waals surface area contributed by atoms with Gasteiger partial charge in [0.25, 0.3) is 5.69 Å². The molecule has 22 heavy (non-hydrogen) atoms. The molecule has 1 aromatic carbocycles. The number of halogens is 1. The largest absolute Gasteiger partial charge is 0.356 e. The third kappa shape index (κ3) is 7.06. The molecule has 0 radical (unpaired) electrons. The molecule has 0 saturated heterocycles. The van der Waals surface area contributed by atoms with Crippen molar-refractivity contribution in [1.82, 2.24) is 10.6 Å². The first-order valence-corrected chi connectivity index (χ1v) is 7.28. The Bertz CT molecular complexity index is 490. The van der Waals surface area contributed by atoms with Gasteiger partial charge in [0.05, 0.1) is 4.92 Å². The van der Waals surface area contributed by atoms with Crippen molar-refractivity contribution in [3.8, 4) is 0 Å². The number of non-ortho nitro benzene ring substituents is 1. The van der Waals surface area contributed by atoms with Crippen LogP contribution in [0.15, 0.2) is 29.3 Å². The lowest BCUT2D eigenvalue weighted by Gasteiger charge is -2.16. The second kappa shape index (κ2) is 11.2. The summed E-state index contributed by atoms with van der Waals surface area (Å²) in [6, 6.07) is 6.61. The zero-order valence-corrected chi connectivity index (χ0v) is 15.7. The van der Waals surface area contributed by atoms with E-state index in [4.69, 9.17) is 0 Å². The molecule has 1 rings (SSSR count). The SMILES string of the molecule is CCC(CC)CNC(=NC)NCc1cccc([N+](=O)[O-])c1.I. The van der Waals surface area contributed by atoms with E-state index in [1.165, 1.54) is 6.07 Å². The highest BCUT2D eigenvalue weighted by atomic mass is 127. The smallest absolute Gasteiger partial charge is 0.269 e. The number of aliphatic imine (C=N–C) groups is 1. The number of nitrogens with zero attached hydrogens (tertiary/aromatic N) is 2. The molecule has 0 saturated carbocycles. The number of hydrogen-bond donors (Lipinski definition) is 2. The van der Waals surface area contributed by atoms with Crippen LogP contribution in [0.2, 0.25) is 0 Å². The van der Waals surface area contributed by atoms with E-state index in [1.807, 2.05) is 6.07 Å². The molecule has 0 amide bonds. The molecule has 6 nitrogen and oxygen atoms in total. The number of nitro benzene ring substituents is 1. The van der Waals surface area contributed by atoms with Crippen molar-refractivity contribution in [2.75, 3.05) is 13.6 Å². The van der Waals surface area contributed by atoms with Crippen LogP contribution in [0, 0.1) is 16.0 Å². The summed E-state index contributed by atoms with van der Waals surface area (Å²) in [5.74, 6) is 1.34. The van der Waals surface area contributed by atoms with Crippen molar-refractivity contribution in [3.05, 3.63) is 39.9 Å². The van der Waals surface area contributed by atoms with Gasteiger partial charge in [-0.2, -0.15) is 0 Å². The van der Waals surface area contributed by atoms with Gasteiger partial charge in [-0.15, -0.1) is 24.0 Å². The van der Waals surface area contributed by atoms with Gasteiger partial charge in [-0.1, -0.05) is 38.8 Å². The lowest BCUT2D eigenvalue weighted by atomic mass is 10.0. The van der Waals surface area contributed by atoms with Crippen LogP contribution in [0.4, 0.5) is 5.69 Å². The molecule has 0 heterocycles. The summed E-state index contributed by atoms with van der Waals surface area (Å²) in [5.41, 5.74) is 0.962. The van der Waals surface area contributed by atoms with Crippen LogP contribution in [0.5, 0.6) is 0 Å². The molecule has 2 N–H and O–H groups in total. The van der Waals surface area contributed by atoms with Crippen LogP contribution < -0.4 is 10.6 Å². The van der Waals surface area contributed by atoms with Crippen molar-refractivity contribution in [1.29, 1.82) is 0 Å². The highest BCUT2D eigenvalue weighted by molar-refractivity contribution is 14.0. The molecule has 1 aromatic rings. The van der Waals surface area contributed by atoms with Gasteiger partial charge in [-0.05, 0) is 11.5 Å². The van der Waals surface area contributed by atoms with Crippen LogP contribution in [0.1, 0.15) is 32.3 Å². The van der Waals surface area contributed by atoms with Gasteiger partial charge in [-0.25, -0.2) is 0 Å². The molecular weight excluding hydrogens is 395 g/mol. The summed E-state index contributed by atoms with van der Waals surface area (Å²) >= 11 is 0. The van der Waals surface area contributed by atoms with Crippen molar-refractivity contribution in [2.45, 2.75) is 33.2 Å². The van der Waals surface area contributed by atoms with Gasteiger partial charge in [0.2, 0.25) is 0 Å². The van der Waals surface area contributed by atoms with Crippen molar-refractivity contribution in [2.24, 2.45) is 10.9 Å². The highest BCUT2D eigenvalue weighted by Gasteiger charge is 2.07. The van der Waals surface area contributed by atoms with Crippen LogP contribution >= 0.6 is 24.0 Å². The zero-order valence-electron chi connectivity index (χ0n) is 13.3. The van der Waals surface area contributed by atoms with Crippen molar-refractivity contribution >= 4 is 35.6 Å². The van der Waals surface area contributed by atoms with Gasteiger partial charge >= 0.3 is 0 Å². The summed E-state index contributed by atoms with van der Waals surface area (Å²) in [7, 11) is 1.72. The molecule has 0 atom stereocenters. The summed E-state index contributed by atoms with van der Waals surface area (Å²) in [5, 5.41) is 17.2. The molecule has 0 fully saturated rings. The third-order valence-electron chi connectivity index (χ3n) is 3.52. The van der Waals surface area contributed by atoms with Crippen LogP contribution in [-0.4, -0.2) is 24.5 Å². The average Bonchev–Trinajstić information content (AvgIpc) is 2.51. The summed E-state index contributed by atoms with van der Waals surface area (Å²) in [6.07, 6.45) is 2.26. The number of hydrogen-bond acceptors (Lipinski definition) is 3. The summed E-state index contributed by atoms with van der Waals surface area (Å²) in [6.45, 7) is 5.73. The van der Waals surface area contributed by atoms with E-state index in [2.05, 4.69) is 29.5 Å². The number of nitro groups is 1. The van der Waals surface area contributed by atoms with Crippen molar-refractivity contribution in [3.63, 3.8) is 0 Å². The Morgan fingerprint density at radius 2 is 2.00 bits per heavy atom. The van der Waals surface area contributed by atoms with E-state index in [-0.39, 0.29) is 34.6 Å². The van der Waals surface area contributed by atoms with Gasteiger partial charge in [0, 0.05) is 32.3 Å². The van der Waals surface area contributed by atoms with Crippen LogP contribution in [-0.2, 0) is 6.54 Å². The minimum absolute atomic E-state index is 0. The maximum atomic E-state index is 10.7. The molecule has 0 aliphatic rings. The van der Waals surface area contributed by atoms with E-state index in [0.717, 1.165) is 24.9 Å². The summed E-state index contributed by atoms with van der Waals surface area (Å²) < 4.78 is 0. The zero-order chi connectivity index (χ0) is 15.7. The maximum Gasteiger partial charge on any atom is 0.269 e. The molecule has 0 aromatic heterocycles. The van der Waals surface area contributed by atoms with E-state index < -0.39 is 0 Å². The molecule has 0 spiro atoms. The third-order valence-corrected chi connectivity index (χ3v) is 3.52. The lowest BCUT2D eigenvalue weighted by Crippen LogP contribution is -2.39. The van der Waals surface area contributed by atoms with Crippen LogP contribution in [0.3, 0.4) is 0 Å². The quantitative estimate of drug-likeness (QED) is 0.233. The first kappa shape index (κ1) is 20.6. The highest BCUT2D eigenvalue weighted by Crippen LogP contribution is 2.12. The molecular formula is C15H25IN4O2. The van der Waals surface area contributed by atoms with Gasteiger partial charge in [0.1, 0.15) is 0 Å². The second-order valence-corrected chi connectivity index (χ2v) is 4.92. The van der Waals surface area contributed by atoms with E-state index in [0.29, 0.717) is 18.4 Å². The molecule has 124 valence electrons. The first-order chi connectivity index (χ1) is 10.1. The Morgan fingerprint density at radius 3 is 2.55 bits per heavy atom. The van der Waals surface area contributed by atoms with E-state index >= 15 is 0 Å². The monoisotopic (exact) mass is 420 g/mol. The van der Waals surface area contributed by atoms with Gasteiger partial charge in [0.15, 0.2) is 5.96 Å². The maximum absolute atomic E-state index is 10.7. The van der Waals surface area contributed by atoms with Gasteiger partial charge < -0.3 is 10.6 Å². The Hall–Kier alpha value is -1.38. The Morgan fingerprint density at radius 1 is 1.32 bits per heavy atom. The number of rotatable bonds is 7. The fraction of sp³-hybridized carbons (Fsp3) is 0.533.